The lowest BCUT2D eigenvalue weighted by Gasteiger charge is -2.02. The van der Waals surface area contributed by atoms with Gasteiger partial charge in [0.2, 0.25) is 11.7 Å². The zero-order valence-electron chi connectivity index (χ0n) is 11.2. The van der Waals surface area contributed by atoms with Crippen LogP contribution in [0.15, 0.2) is 39.3 Å². The normalized spacial score (nSPS) is 12.2. The first-order valence-corrected chi connectivity index (χ1v) is 7.24. The topological polar surface area (TPSA) is 75.6 Å². The molecule has 0 aliphatic carbocycles. The predicted molar refractivity (Wildman–Crippen MR) is 81.2 cm³/mol. The summed E-state index contributed by atoms with van der Waals surface area (Å²) in [6, 6.07) is 11.9. The second-order valence-electron chi connectivity index (χ2n) is 4.76. The third kappa shape index (κ3) is 2.78. The molecule has 0 amide bonds. The minimum absolute atomic E-state index is 0.161. The van der Waals surface area contributed by atoms with Gasteiger partial charge in [-0.05, 0) is 35.0 Å². The summed E-state index contributed by atoms with van der Waals surface area (Å²) in [5, 5.41) is 13.8. The molecular formula is C15H11BrN4O. The first-order valence-electron chi connectivity index (χ1n) is 6.45. The highest BCUT2D eigenvalue weighted by Crippen LogP contribution is 2.28. The molecular weight excluding hydrogens is 332 g/mol. The molecule has 0 aliphatic heterocycles. The average molecular weight is 343 g/mol. The van der Waals surface area contributed by atoms with Gasteiger partial charge in [0.25, 0.3) is 0 Å². The smallest absolute Gasteiger partial charge is 0.228 e. The molecule has 104 valence electrons. The van der Waals surface area contributed by atoms with Gasteiger partial charge in [0.15, 0.2) is 0 Å². The zero-order chi connectivity index (χ0) is 14.8. The van der Waals surface area contributed by atoms with Gasteiger partial charge >= 0.3 is 0 Å². The van der Waals surface area contributed by atoms with Gasteiger partial charge in [0, 0.05) is 16.3 Å². The number of nitriles is 1. The van der Waals surface area contributed by atoms with Crippen molar-refractivity contribution in [3.05, 3.63) is 40.7 Å². The van der Waals surface area contributed by atoms with Gasteiger partial charge in [-0.15, -0.1) is 0 Å². The molecule has 2 aromatic heterocycles. The van der Waals surface area contributed by atoms with Crippen LogP contribution in [-0.2, 0) is 6.42 Å². The summed E-state index contributed by atoms with van der Waals surface area (Å²) in [5.41, 5.74) is 1.50. The molecule has 3 aromatic rings. The minimum atomic E-state index is -0.161. The maximum atomic E-state index is 8.82. The highest BCUT2D eigenvalue weighted by molar-refractivity contribution is 9.10. The average Bonchev–Trinajstić information content (AvgIpc) is 2.94. The van der Waals surface area contributed by atoms with Crippen molar-refractivity contribution in [1.29, 1.82) is 5.26 Å². The van der Waals surface area contributed by atoms with Crippen LogP contribution in [0.25, 0.3) is 22.4 Å². The molecule has 1 aromatic carbocycles. The number of nitrogens with zero attached hydrogens (tertiary/aromatic N) is 4. The van der Waals surface area contributed by atoms with E-state index in [9.17, 15) is 0 Å². The summed E-state index contributed by atoms with van der Waals surface area (Å²) >= 11 is 3.49. The van der Waals surface area contributed by atoms with Crippen LogP contribution < -0.4 is 0 Å². The van der Waals surface area contributed by atoms with Crippen molar-refractivity contribution in [2.75, 3.05) is 0 Å². The number of halogens is 1. The molecule has 5 nitrogen and oxygen atoms in total. The van der Waals surface area contributed by atoms with Crippen LogP contribution in [0.1, 0.15) is 12.8 Å². The van der Waals surface area contributed by atoms with Crippen molar-refractivity contribution in [1.82, 2.24) is 15.1 Å². The molecule has 0 aliphatic rings. The van der Waals surface area contributed by atoms with Crippen molar-refractivity contribution in [3.63, 3.8) is 0 Å². The van der Waals surface area contributed by atoms with Gasteiger partial charge < -0.3 is 4.52 Å². The van der Waals surface area contributed by atoms with Gasteiger partial charge in [-0.1, -0.05) is 23.4 Å². The summed E-state index contributed by atoms with van der Waals surface area (Å²) in [6.07, 6.45) is 0.439. The Morgan fingerprint density at radius 2 is 2.14 bits per heavy atom. The van der Waals surface area contributed by atoms with E-state index in [1.807, 2.05) is 37.3 Å². The number of aromatic nitrogens is 3. The fraction of sp³-hybridized carbons (Fsp3) is 0.200. The molecule has 0 N–H and O–H groups in total. The quantitative estimate of drug-likeness (QED) is 0.724. The van der Waals surface area contributed by atoms with Gasteiger partial charge in [-0.25, -0.2) is 4.98 Å². The van der Waals surface area contributed by atoms with E-state index in [1.165, 1.54) is 0 Å². The molecule has 0 saturated carbocycles. The number of benzene rings is 1. The Labute approximate surface area is 129 Å². The van der Waals surface area contributed by atoms with E-state index >= 15 is 0 Å². The summed E-state index contributed by atoms with van der Waals surface area (Å²) < 4.78 is 5.99. The molecule has 0 fully saturated rings. The van der Waals surface area contributed by atoms with Crippen LogP contribution in [0.2, 0.25) is 0 Å². The highest BCUT2D eigenvalue weighted by atomic mass is 79.9. The lowest BCUT2D eigenvalue weighted by atomic mass is 10.1. The molecule has 2 heterocycles. The fourth-order valence-electron chi connectivity index (χ4n) is 1.99. The molecule has 0 spiro atoms. The van der Waals surface area contributed by atoms with Gasteiger partial charge in [0.05, 0.1) is 17.5 Å². The van der Waals surface area contributed by atoms with E-state index in [-0.39, 0.29) is 5.92 Å². The minimum Gasteiger partial charge on any atom is -0.339 e. The Hall–Kier alpha value is -2.26. The second kappa shape index (κ2) is 5.62. The third-order valence-corrected chi connectivity index (χ3v) is 3.66. The van der Waals surface area contributed by atoms with Crippen LogP contribution in [0.5, 0.6) is 0 Å². The fourth-order valence-corrected chi connectivity index (χ4v) is 2.50. The van der Waals surface area contributed by atoms with E-state index < -0.39 is 0 Å². The van der Waals surface area contributed by atoms with Crippen molar-refractivity contribution in [2.45, 2.75) is 13.3 Å². The molecule has 3 rings (SSSR count). The molecule has 1 atom stereocenters. The lowest BCUT2D eigenvalue weighted by Crippen LogP contribution is -1.96. The van der Waals surface area contributed by atoms with Crippen LogP contribution in [0.3, 0.4) is 0 Å². The summed E-state index contributed by atoms with van der Waals surface area (Å²) in [4.78, 5) is 8.88. The van der Waals surface area contributed by atoms with Crippen molar-refractivity contribution < 1.29 is 4.52 Å². The SMILES string of the molecule is CC(C#N)Cc1nc(-c2nc3ccccc3cc2Br)no1. The predicted octanol–water partition coefficient (Wildman–Crippen LogP) is 3.75. The van der Waals surface area contributed by atoms with Gasteiger partial charge in [-0.2, -0.15) is 10.2 Å². The largest absolute Gasteiger partial charge is 0.339 e. The molecule has 21 heavy (non-hydrogen) atoms. The number of fused-ring (bicyclic) bond motifs is 1. The Balaban J connectivity index is 2.00. The summed E-state index contributed by atoms with van der Waals surface area (Å²) in [5.74, 6) is 0.708. The van der Waals surface area contributed by atoms with Crippen LogP contribution in [-0.4, -0.2) is 15.1 Å². The van der Waals surface area contributed by atoms with E-state index in [4.69, 9.17) is 9.78 Å². The number of hydrogen-bond acceptors (Lipinski definition) is 5. The van der Waals surface area contributed by atoms with Crippen LogP contribution >= 0.6 is 15.9 Å². The maximum Gasteiger partial charge on any atom is 0.228 e. The van der Waals surface area contributed by atoms with Gasteiger partial charge in [-0.3, -0.25) is 0 Å². The number of pyridine rings is 1. The number of para-hydroxylation sites is 1. The van der Waals surface area contributed by atoms with Crippen LogP contribution in [0, 0.1) is 17.2 Å². The molecule has 6 heteroatoms. The van der Waals surface area contributed by atoms with Gasteiger partial charge in [0.1, 0.15) is 5.69 Å². The van der Waals surface area contributed by atoms with E-state index in [0.717, 1.165) is 15.4 Å². The lowest BCUT2D eigenvalue weighted by molar-refractivity contribution is 0.369. The summed E-state index contributed by atoms with van der Waals surface area (Å²) in [6.45, 7) is 1.81. The highest BCUT2D eigenvalue weighted by Gasteiger charge is 2.15. The first-order chi connectivity index (χ1) is 10.2. The Morgan fingerprint density at radius 1 is 1.33 bits per heavy atom. The monoisotopic (exact) mass is 342 g/mol. The van der Waals surface area contributed by atoms with Crippen molar-refractivity contribution in [2.24, 2.45) is 5.92 Å². The van der Waals surface area contributed by atoms with E-state index in [0.29, 0.717) is 23.8 Å². The Kier molecular flexibility index (Phi) is 3.67. The second-order valence-corrected chi connectivity index (χ2v) is 5.61. The maximum absolute atomic E-state index is 8.82. The van der Waals surface area contributed by atoms with E-state index in [2.05, 4.69) is 37.1 Å². The van der Waals surface area contributed by atoms with E-state index in [1.54, 1.807) is 0 Å². The summed E-state index contributed by atoms with van der Waals surface area (Å²) in [7, 11) is 0. The molecule has 1 unspecified atom stereocenters. The Bertz CT molecular complexity index is 837. The first kappa shape index (κ1) is 13.7. The van der Waals surface area contributed by atoms with Crippen molar-refractivity contribution in [3.8, 4) is 17.6 Å². The number of rotatable bonds is 3. The molecule has 0 saturated heterocycles. The number of hydrogen-bond donors (Lipinski definition) is 0. The Morgan fingerprint density at radius 3 is 2.95 bits per heavy atom. The molecule has 0 radical (unpaired) electrons. The van der Waals surface area contributed by atoms with Crippen molar-refractivity contribution >= 4 is 26.8 Å². The zero-order valence-corrected chi connectivity index (χ0v) is 12.8. The molecule has 0 bridgehead atoms. The van der Waals surface area contributed by atoms with Crippen LogP contribution in [0.4, 0.5) is 0 Å². The standard InChI is InChI=1S/C15H11BrN4O/c1-9(8-17)6-13-19-15(20-21-13)14-11(16)7-10-4-2-3-5-12(10)18-14/h2-5,7,9H,6H2,1H3. The third-order valence-electron chi connectivity index (χ3n) is 3.06.